The fourth-order valence-corrected chi connectivity index (χ4v) is 0.808. The number of allylic oxidation sites excluding steroid dienone is 1. The Morgan fingerprint density at radius 1 is 1.30 bits per heavy atom. The average molecular weight is 140 g/mol. The van der Waals surface area contributed by atoms with Gasteiger partial charge in [-0.2, -0.15) is 0 Å². The third-order valence-corrected chi connectivity index (χ3v) is 1.38. The van der Waals surface area contributed by atoms with Gasteiger partial charge >= 0.3 is 0 Å². The van der Waals surface area contributed by atoms with Gasteiger partial charge in [0.25, 0.3) is 0 Å². The first kappa shape index (κ1) is 9.44. The number of rotatable bonds is 6. The number of hydrogen-bond donors (Lipinski definition) is 1. The van der Waals surface area contributed by atoms with Gasteiger partial charge in [0.15, 0.2) is 0 Å². The van der Waals surface area contributed by atoms with Gasteiger partial charge in [0.05, 0.1) is 6.10 Å². The number of aliphatic hydroxyl groups excluding tert-OH is 1. The van der Waals surface area contributed by atoms with Crippen molar-refractivity contribution in [2.24, 2.45) is 0 Å². The van der Waals surface area contributed by atoms with Crippen LogP contribution < -0.4 is 0 Å². The summed E-state index contributed by atoms with van der Waals surface area (Å²) in [5.74, 6) is 0. The average Bonchev–Trinajstić information content (AvgIpc) is 1.89. The zero-order chi connectivity index (χ0) is 7.82. The third kappa shape index (κ3) is 5.57. The topological polar surface area (TPSA) is 20.2 Å². The van der Waals surface area contributed by atoms with Crippen LogP contribution in [0.1, 0.15) is 25.7 Å². The lowest BCUT2D eigenvalue weighted by Gasteiger charge is -2.04. The Kier molecular flexibility index (Phi) is 6.19. The summed E-state index contributed by atoms with van der Waals surface area (Å²) in [6, 6.07) is 0. The van der Waals surface area contributed by atoms with Crippen LogP contribution in [-0.4, -0.2) is 11.2 Å². The summed E-state index contributed by atoms with van der Waals surface area (Å²) in [7, 11) is 0. The highest BCUT2D eigenvalue weighted by Crippen LogP contribution is 2.04. The van der Waals surface area contributed by atoms with Crippen molar-refractivity contribution in [3.8, 4) is 0 Å². The Bertz CT molecular complexity index is 96.9. The Labute approximate surface area is 63.1 Å². The molecule has 0 fully saturated rings. The van der Waals surface area contributed by atoms with E-state index in [9.17, 15) is 5.11 Å². The molecule has 0 saturated heterocycles. The van der Waals surface area contributed by atoms with E-state index < -0.39 is 0 Å². The van der Waals surface area contributed by atoms with Crippen LogP contribution in [0.15, 0.2) is 25.3 Å². The first-order valence-electron chi connectivity index (χ1n) is 3.71. The number of unbranched alkanes of at least 4 members (excludes halogenated alkanes) is 1. The van der Waals surface area contributed by atoms with Crippen molar-refractivity contribution < 1.29 is 5.11 Å². The first-order chi connectivity index (χ1) is 4.81. The molecule has 0 aliphatic heterocycles. The minimum absolute atomic E-state index is 0.197. The molecule has 0 rings (SSSR count). The van der Waals surface area contributed by atoms with Crippen molar-refractivity contribution in [1.82, 2.24) is 0 Å². The summed E-state index contributed by atoms with van der Waals surface area (Å²) in [4.78, 5) is 0. The molecule has 0 aromatic carbocycles. The Morgan fingerprint density at radius 2 is 2.00 bits per heavy atom. The summed E-state index contributed by atoms with van der Waals surface area (Å²) in [5.41, 5.74) is 0. The zero-order valence-corrected chi connectivity index (χ0v) is 6.42. The Morgan fingerprint density at radius 3 is 2.50 bits per heavy atom. The molecule has 1 heteroatoms. The lowest BCUT2D eigenvalue weighted by molar-refractivity contribution is 0.165. The Balaban J connectivity index is 3.11. The smallest absolute Gasteiger partial charge is 0.0574 e. The largest absolute Gasteiger partial charge is 0.393 e. The van der Waals surface area contributed by atoms with Gasteiger partial charge in [-0.1, -0.05) is 12.2 Å². The van der Waals surface area contributed by atoms with E-state index in [-0.39, 0.29) is 6.10 Å². The molecule has 1 nitrogen and oxygen atoms in total. The van der Waals surface area contributed by atoms with Crippen LogP contribution in [0.4, 0.5) is 0 Å². The van der Waals surface area contributed by atoms with E-state index in [1.165, 1.54) is 0 Å². The van der Waals surface area contributed by atoms with Crippen LogP contribution in [0, 0.1) is 0 Å². The van der Waals surface area contributed by atoms with Crippen LogP contribution in [0.5, 0.6) is 0 Å². The molecule has 0 bridgehead atoms. The lowest BCUT2D eigenvalue weighted by Crippen LogP contribution is -2.03. The molecule has 0 heterocycles. The number of hydrogen-bond acceptors (Lipinski definition) is 1. The molecule has 0 aromatic heterocycles. The first-order valence-corrected chi connectivity index (χ1v) is 3.71. The maximum atomic E-state index is 9.17. The van der Waals surface area contributed by atoms with Gasteiger partial charge in [0.2, 0.25) is 0 Å². The molecule has 0 spiro atoms. The molecule has 0 unspecified atom stereocenters. The molecule has 0 saturated carbocycles. The molecule has 58 valence electrons. The fourth-order valence-electron chi connectivity index (χ4n) is 0.808. The van der Waals surface area contributed by atoms with E-state index in [4.69, 9.17) is 0 Å². The molecule has 0 aliphatic carbocycles. The fraction of sp³-hybridized carbons (Fsp3) is 0.556. The monoisotopic (exact) mass is 140 g/mol. The van der Waals surface area contributed by atoms with Gasteiger partial charge in [-0.3, -0.25) is 0 Å². The molecule has 0 aliphatic rings. The van der Waals surface area contributed by atoms with E-state index in [1.54, 1.807) is 6.08 Å². The van der Waals surface area contributed by atoms with Crippen molar-refractivity contribution in [3.05, 3.63) is 25.3 Å². The standard InChI is InChI=1S/C9H16O/c1-3-5-6-8-9(10)7-4-2/h3-4,9-10H,1-2,5-8H2/t9-/m1/s1. The van der Waals surface area contributed by atoms with Crippen LogP contribution in [0.3, 0.4) is 0 Å². The highest BCUT2D eigenvalue weighted by molar-refractivity contribution is 4.73. The van der Waals surface area contributed by atoms with Crippen molar-refractivity contribution >= 4 is 0 Å². The summed E-state index contributed by atoms with van der Waals surface area (Å²) in [6.07, 6.45) is 7.01. The van der Waals surface area contributed by atoms with E-state index in [1.807, 2.05) is 6.08 Å². The maximum Gasteiger partial charge on any atom is 0.0574 e. The molecular weight excluding hydrogens is 124 g/mol. The van der Waals surface area contributed by atoms with E-state index in [2.05, 4.69) is 13.2 Å². The molecule has 0 radical (unpaired) electrons. The molecule has 1 atom stereocenters. The van der Waals surface area contributed by atoms with Crippen molar-refractivity contribution in [3.63, 3.8) is 0 Å². The van der Waals surface area contributed by atoms with Crippen molar-refractivity contribution in [1.29, 1.82) is 0 Å². The highest BCUT2D eigenvalue weighted by atomic mass is 16.3. The summed E-state index contributed by atoms with van der Waals surface area (Å²) < 4.78 is 0. The van der Waals surface area contributed by atoms with Crippen LogP contribution in [-0.2, 0) is 0 Å². The predicted octanol–water partition coefficient (Wildman–Crippen LogP) is 2.28. The minimum atomic E-state index is -0.197. The van der Waals surface area contributed by atoms with Crippen molar-refractivity contribution in [2.75, 3.05) is 0 Å². The molecule has 0 amide bonds. The second kappa shape index (κ2) is 6.56. The second-order valence-electron chi connectivity index (χ2n) is 2.40. The summed E-state index contributed by atoms with van der Waals surface area (Å²) in [6.45, 7) is 7.15. The maximum absolute atomic E-state index is 9.17. The van der Waals surface area contributed by atoms with Gasteiger partial charge in [0.1, 0.15) is 0 Å². The number of aliphatic hydroxyl groups is 1. The van der Waals surface area contributed by atoms with E-state index >= 15 is 0 Å². The predicted molar refractivity (Wildman–Crippen MR) is 44.9 cm³/mol. The van der Waals surface area contributed by atoms with Crippen LogP contribution in [0.25, 0.3) is 0 Å². The molecule has 0 aromatic rings. The second-order valence-corrected chi connectivity index (χ2v) is 2.40. The normalized spacial score (nSPS) is 12.5. The third-order valence-electron chi connectivity index (χ3n) is 1.38. The van der Waals surface area contributed by atoms with E-state index in [0.29, 0.717) is 6.42 Å². The van der Waals surface area contributed by atoms with Crippen LogP contribution >= 0.6 is 0 Å². The zero-order valence-electron chi connectivity index (χ0n) is 6.42. The molecule has 10 heavy (non-hydrogen) atoms. The van der Waals surface area contributed by atoms with Gasteiger partial charge in [0, 0.05) is 0 Å². The highest BCUT2D eigenvalue weighted by Gasteiger charge is 1.98. The van der Waals surface area contributed by atoms with Gasteiger partial charge in [-0.15, -0.1) is 13.2 Å². The van der Waals surface area contributed by atoms with Gasteiger partial charge < -0.3 is 5.11 Å². The summed E-state index contributed by atoms with van der Waals surface area (Å²) in [5, 5.41) is 9.17. The lowest BCUT2D eigenvalue weighted by atomic mass is 10.1. The van der Waals surface area contributed by atoms with E-state index in [0.717, 1.165) is 19.3 Å². The quantitative estimate of drug-likeness (QED) is 0.443. The van der Waals surface area contributed by atoms with Crippen LogP contribution in [0.2, 0.25) is 0 Å². The van der Waals surface area contributed by atoms with Gasteiger partial charge in [-0.05, 0) is 25.7 Å². The molecule has 1 N–H and O–H groups in total. The van der Waals surface area contributed by atoms with Crippen molar-refractivity contribution in [2.45, 2.75) is 31.8 Å². The summed E-state index contributed by atoms with van der Waals surface area (Å²) >= 11 is 0. The molecular formula is C9H16O. The SMILES string of the molecule is C=CCCC[C@H](O)CC=C. The van der Waals surface area contributed by atoms with Gasteiger partial charge in [-0.25, -0.2) is 0 Å². The minimum Gasteiger partial charge on any atom is -0.393 e. The Hall–Kier alpha value is -0.560.